The van der Waals surface area contributed by atoms with Gasteiger partial charge in [0.1, 0.15) is 11.6 Å². The highest BCUT2D eigenvalue weighted by Crippen LogP contribution is 2.18. The number of nitrogens with zero attached hydrogens (tertiary/aromatic N) is 2. The lowest BCUT2D eigenvalue weighted by molar-refractivity contribution is 0.578. The van der Waals surface area contributed by atoms with Crippen LogP contribution in [0.3, 0.4) is 0 Å². The van der Waals surface area contributed by atoms with E-state index >= 15 is 0 Å². The predicted octanol–water partition coefficient (Wildman–Crippen LogP) is 1.78. The van der Waals surface area contributed by atoms with E-state index in [1.54, 1.807) is 18.3 Å². The number of rotatable bonds is 4. The number of benzene rings is 1. The van der Waals surface area contributed by atoms with Crippen molar-refractivity contribution in [2.75, 3.05) is 6.54 Å². The Morgan fingerprint density at radius 1 is 1.17 bits per heavy atom. The molecule has 0 spiro atoms. The van der Waals surface area contributed by atoms with Gasteiger partial charge in [-0.05, 0) is 36.2 Å². The topological polar surface area (TPSA) is 71.4 Å². The van der Waals surface area contributed by atoms with E-state index in [1.807, 2.05) is 0 Å². The van der Waals surface area contributed by atoms with E-state index in [1.165, 1.54) is 12.1 Å². The normalized spacial score (nSPS) is 13.7. The first kappa shape index (κ1) is 15.7. The number of hydrogen-bond acceptors (Lipinski definition) is 4. The minimum atomic E-state index is -3.79. The molecule has 8 heteroatoms. The van der Waals surface area contributed by atoms with Gasteiger partial charge in [-0.2, -0.15) is 0 Å². The summed E-state index contributed by atoms with van der Waals surface area (Å²) in [6, 6.07) is 6.40. The molecule has 0 atom stereocenters. The third-order valence-electron chi connectivity index (χ3n) is 3.38. The fourth-order valence-electron chi connectivity index (χ4n) is 2.37. The minimum Gasteiger partial charge on any atom is -0.265 e. The van der Waals surface area contributed by atoms with Crippen LogP contribution in [-0.2, 0) is 23.0 Å². The predicted molar refractivity (Wildman–Crippen MR) is 81.5 cm³/mol. The summed E-state index contributed by atoms with van der Waals surface area (Å²) < 4.78 is 53.2. The Bertz CT molecular complexity index is 862. The van der Waals surface area contributed by atoms with Gasteiger partial charge in [-0.3, -0.25) is 9.98 Å². The van der Waals surface area contributed by atoms with Crippen molar-refractivity contribution >= 4 is 15.1 Å². The summed E-state index contributed by atoms with van der Waals surface area (Å²) in [5.41, 5.74) is 1.47. The second-order valence-corrected chi connectivity index (χ2v) is 6.73. The van der Waals surface area contributed by atoms with Crippen molar-refractivity contribution in [1.29, 1.82) is 0 Å². The Kier molecular flexibility index (Phi) is 4.18. The average molecular weight is 337 g/mol. The second kappa shape index (κ2) is 6.13. The van der Waals surface area contributed by atoms with Crippen LogP contribution < -0.4 is 4.72 Å². The third-order valence-corrected chi connectivity index (χ3v) is 4.82. The van der Waals surface area contributed by atoms with Crippen molar-refractivity contribution in [3.63, 3.8) is 0 Å². The molecule has 0 amide bonds. The maximum Gasteiger partial charge on any atom is 0.258 e. The van der Waals surface area contributed by atoms with Crippen LogP contribution in [0, 0.1) is 11.6 Å². The highest BCUT2D eigenvalue weighted by molar-refractivity contribution is 8.05. The fourth-order valence-corrected chi connectivity index (χ4v) is 3.59. The number of fused-ring (bicyclic) bond motifs is 1. The largest absolute Gasteiger partial charge is 0.265 e. The molecule has 1 aromatic carbocycles. The zero-order chi connectivity index (χ0) is 16.4. The fraction of sp³-hybridized carbons (Fsp3) is 0.200. The average Bonchev–Trinajstić information content (AvgIpc) is 2.90. The molecule has 2 heterocycles. The SMILES string of the molecule is O=S(=O)(NCCc1cc(F)cc(F)c1)C1=NCc2ncccc21. The van der Waals surface area contributed by atoms with Gasteiger partial charge in [-0.25, -0.2) is 21.9 Å². The molecule has 5 nitrogen and oxygen atoms in total. The van der Waals surface area contributed by atoms with Crippen molar-refractivity contribution in [3.05, 3.63) is 65.0 Å². The van der Waals surface area contributed by atoms with E-state index in [2.05, 4.69) is 14.7 Å². The maximum atomic E-state index is 13.1. The molecule has 23 heavy (non-hydrogen) atoms. The molecule has 0 bridgehead atoms. The molecular formula is C15H13F2N3O2S. The lowest BCUT2D eigenvalue weighted by atomic mass is 10.1. The summed E-state index contributed by atoms with van der Waals surface area (Å²) >= 11 is 0. The lowest BCUT2D eigenvalue weighted by Gasteiger charge is -2.08. The van der Waals surface area contributed by atoms with Crippen LogP contribution in [0.1, 0.15) is 16.8 Å². The molecular weight excluding hydrogens is 324 g/mol. The van der Waals surface area contributed by atoms with E-state index in [9.17, 15) is 17.2 Å². The molecule has 1 aliphatic rings. The molecule has 3 rings (SSSR count). The molecule has 0 unspecified atom stereocenters. The van der Waals surface area contributed by atoms with Crippen LogP contribution in [0.4, 0.5) is 8.78 Å². The zero-order valence-corrected chi connectivity index (χ0v) is 12.8. The molecule has 0 radical (unpaired) electrons. The Morgan fingerprint density at radius 2 is 1.91 bits per heavy atom. The van der Waals surface area contributed by atoms with Gasteiger partial charge in [0, 0.05) is 24.4 Å². The molecule has 1 aliphatic heterocycles. The molecule has 120 valence electrons. The van der Waals surface area contributed by atoms with Crippen molar-refractivity contribution in [2.24, 2.45) is 4.99 Å². The second-order valence-electron chi connectivity index (χ2n) is 5.04. The molecule has 2 aromatic rings. The van der Waals surface area contributed by atoms with Gasteiger partial charge >= 0.3 is 0 Å². The number of sulfonamides is 1. The first-order chi connectivity index (χ1) is 11.0. The monoisotopic (exact) mass is 337 g/mol. The van der Waals surface area contributed by atoms with Crippen LogP contribution in [-0.4, -0.2) is 25.0 Å². The Morgan fingerprint density at radius 3 is 2.65 bits per heavy atom. The van der Waals surface area contributed by atoms with Gasteiger partial charge in [0.15, 0.2) is 5.04 Å². The molecule has 0 saturated heterocycles. The van der Waals surface area contributed by atoms with Crippen molar-refractivity contribution < 1.29 is 17.2 Å². The van der Waals surface area contributed by atoms with Crippen molar-refractivity contribution in [1.82, 2.24) is 9.71 Å². The lowest BCUT2D eigenvalue weighted by Crippen LogP contribution is -2.32. The van der Waals surface area contributed by atoms with Crippen LogP contribution in [0.5, 0.6) is 0 Å². The number of nitrogens with one attached hydrogen (secondary N) is 1. The standard InChI is InChI=1S/C15H13F2N3O2S/c16-11-6-10(7-12(17)8-11)3-5-20-23(21,22)15-13-2-1-4-18-14(13)9-19-15/h1-2,4,6-8,20H,3,5,9H2. The van der Waals surface area contributed by atoms with Crippen molar-refractivity contribution in [3.8, 4) is 0 Å². The highest BCUT2D eigenvalue weighted by Gasteiger charge is 2.27. The van der Waals surface area contributed by atoms with Gasteiger partial charge in [0.25, 0.3) is 10.0 Å². The number of aliphatic imine (C=N–C) groups is 1. The van der Waals surface area contributed by atoms with Gasteiger partial charge < -0.3 is 0 Å². The first-order valence-corrected chi connectivity index (χ1v) is 8.37. The summed E-state index contributed by atoms with van der Waals surface area (Å²) in [6.07, 6.45) is 1.75. The number of pyridine rings is 1. The smallest absolute Gasteiger partial charge is 0.258 e. The van der Waals surface area contributed by atoms with E-state index in [-0.39, 0.29) is 24.6 Å². The minimum absolute atomic E-state index is 0.0137. The van der Waals surface area contributed by atoms with Gasteiger partial charge in [-0.1, -0.05) is 0 Å². The maximum absolute atomic E-state index is 13.1. The molecule has 1 aromatic heterocycles. The van der Waals surface area contributed by atoms with Gasteiger partial charge in [-0.15, -0.1) is 0 Å². The van der Waals surface area contributed by atoms with Gasteiger partial charge in [0.05, 0.1) is 12.2 Å². The van der Waals surface area contributed by atoms with Crippen LogP contribution in [0.2, 0.25) is 0 Å². The van der Waals surface area contributed by atoms with Crippen LogP contribution >= 0.6 is 0 Å². The Hall–Kier alpha value is -2.19. The molecule has 0 saturated carbocycles. The van der Waals surface area contributed by atoms with Crippen LogP contribution in [0.15, 0.2) is 41.5 Å². The molecule has 0 fully saturated rings. The van der Waals surface area contributed by atoms with E-state index in [4.69, 9.17) is 0 Å². The number of hydrogen-bond donors (Lipinski definition) is 1. The van der Waals surface area contributed by atoms with E-state index in [0.717, 1.165) is 6.07 Å². The zero-order valence-electron chi connectivity index (χ0n) is 12.0. The van der Waals surface area contributed by atoms with Crippen LogP contribution in [0.25, 0.3) is 0 Å². The summed E-state index contributed by atoms with van der Waals surface area (Å²) in [5, 5.41) is -0.0500. The molecule has 1 N–H and O–H groups in total. The number of aromatic nitrogens is 1. The third kappa shape index (κ3) is 3.43. The van der Waals surface area contributed by atoms with E-state index in [0.29, 0.717) is 16.8 Å². The summed E-state index contributed by atoms with van der Waals surface area (Å²) in [7, 11) is -3.79. The Balaban J connectivity index is 1.68. The summed E-state index contributed by atoms with van der Waals surface area (Å²) in [6.45, 7) is 0.237. The molecule has 0 aliphatic carbocycles. The quantitative estimate of drug-likeness (QED) is 0.924. The van der Waals surface area contributed by atoms with E-state index < -0.39 is 21.7 Å². The van der Waals surface area contributed by atoms with Gasteiger partial charge in [0.2, 0.25) is 0 Å². The van der Waals surface area contributed by atoms with Crippen molar-refractivity contribution in [2.45, 2.75) is 13.0 Å². The Labute approximate surface area is 132 Å². The number of halogens is 2. The summed E-state index contributed by atoms with van der Waals surface area (Å²) in [5.74, 6) is -1.38. The summed E-state index contributed by atoms with van der Waals surface area (Å²) in [4.78, 5) is 8.09. The first-order valence-electron chi connectivity index (χ1n) is 6.89. The highest BCUT2D eigenvalue weighted by atomic mass is 32.2.